The first-order valence-corrected chi connectivity index (χ1v) is 6.12. The monoisotopic (exact) mass is 254 g/mol. The predicted octanol–water partition coefficient (Wildman–Crippen LogP) is 1.15. The smallest absolute Gasteiger partial charge is 0.265 e. The molecule has 5 heteroatoms. The molecule has 0 saturated carbocycles. The number of carbonyl (C=O) groups excluding carboxylic acids is 1. The topological polar surface area (TPSA) is 55.6 Å². The molecule has 2 rings (SSSR count). The van der Waals surface area contributed by atoms with Gasteiger partial charge in [-0.25, -0.2) is 0 Å². The predicted molar refractivity (Wildman–Crippen MR) is 67.8 cm³/mol. The van der Waals surface area contributed by atoms with Gasteiger partial charge in [0.25, 0.3) is 5.91 Å². The van der Waals surface area contributed by atoms with E-state index in [0.717, 1.165) is 23.4 Å². The van der Waals surface area contributed by atoms with Gasteiger partial charge in [-0.15, -0.1) is 11.6 Å². The Balaban J connectivity index is 2.34. The van der Waals surface area contributed by atoms with Gasteiger partial charge in [0, 0.05) is 12.4 Å². The van der Waals surface area contributed by atoms with Gasteiger partial charge in [0.2, 0.25) is 0 Å². The summed E-state index contributed by atoms with van der Waals surface area (Å²) >= 11 is 5.71. The number of ether oxygens (including phenoxy) is 1. The van der Waals surface area contributed by atoms with Gasteiger partial charge in [-0.3, -0.25) is 4.79 Å². The van der Waals surface area contributed by atoms with Gasteiger partial charge in [0.1, 0.15) is 5.75 Å². The van der Waals surface area contributed by atoms with Crippen molar-refractivity contribution in [1.29, 1.82) is 0 Å². The molecule has 0 spiro atoms. The molecule has 0 atom stereocenters. The summed E-state index contributed by atoms with van der Waals surface area (Å²) in [7, 11) is 0. The van der Waals surface area contributed by atoms with Crippen LogP contribution in [0.15, 0.2) is 18.2 Å². The standard InChI is InChI=1S/C12H15ClN2O2/c13-4-6-15-10-7-9(3-5-14)1-2-11(10)17-8-12(15)16/h1-2,7H,3-6,8,14H2. The number of hydrogen-bond donors (Lipinski definition) is 1. The van der Waals surface area contributed by atoms with Crippen LogP contribution in [0, 0.1) is 0 Å². The maximum Gasteiger partial charge on any atom is 0.265 e. The molecule has 0 unspecified atom stereocenters. The maximum absolute atomic E-state index is 11.7. The Hall–Kier alpha value is -1.26. The first-order chi connectivity index (χ1) is 8.26. The van der Waals surface area contributed by atoms with E-state index in [1.54, 1.807) is 4.90 Å². The van der Waals surface area contributed by atoms with Crippen molar-refractivity contribution in [2.24, 2.45) is 5.73 Å². The van der Waals surface area contributed by atoms with Crippen LogP contribution in [0.1, 0.15) is 5.56 Å². The number of nitrogens with zero attached hydrogens (tertiary/aromatic N) is 1. The van der Waals surface area contributed by atoms with Crippen LogP contribution in [0.3, 0.4) is 0 Å². The molecule has 1 aromatic rings. The highest BCUT2D eigenvalue weighted by Crippen LogP contribution is 2.32. The average molecular weight is 255 g/mol. The van der Waals surface area contributed by atoms with E-state index in [-0.39, 0.29) is 12.5 Å². The summed E-state index contributed by atoms with van der Waals surface area (Å²) in [6.45, 7) is 1.17. The minimum atomic E-state index is -0.0527. The van der Waals surface area contributed by atoms with Crippen molar-refractivity contribution in [3.05, 3.63) is 23.8 Å². The number of anilines is 1. The van der Waals surface area contributed by atoms with E-state index in [1.165, 1.54) is 0 Å². The number of halogens is 1. The van der Waals surface area contributed by atoms with E-state index in [2.05, 4.69) is 0 Å². The van der Waals surface area contributed by atoms with Crippen molar-refractivity contribution in [3.8, 4) is 5.75 Å². The number of fused-ring (bicyclic) bond motifs is 1. The van der Waals surface area contributed by atoms with Crippen molar-refractivity contribution in [3.63, 3.8) is 0 Å². The zero-order valence-corrected chi connectivity index (χ0v) is 10.2. The fourth-order valence-electron chi connectivity index (χ4n) is 1.90. The third-order valence-corrected chi connectivity index (χ3v) is 2.88. The SMILES string of the molecule is NCCc1ccc2c(c1)N(CCCl)C(=O)CO2. The summed E-state index contributed by atoms with van der Waals surface area (Å²) < 4.78 is 5.38. The van der Waals surface area contributed by atoms with Crippen LogP contribution in [0.5, 0.6) is 5.75 Å². The molecule has 1 aromatic carbocycles. The Bertz CT molecular complexity index is 423. The third-order valence-electron chi connectivity index (χ3n) is 2.71. The Morgan fingerprint density at radius 2 is 2.29 bits per heavy atom. The number of alkyl halides is 1. The Morgan fingerprint density at radius 3 is 3.00 bits per heavy atom. The quantitative estimate of drug-likeness (QED) is 0.821. The highest BCUT2D eigenvalue weighted by atomic mass is 35.5. The van der Waals surface area contributed by atoms with Gasteiger partial charge in [0.15, 0.2) is 6.61 Å². The number of benzene rings is 1. The lowest BCUT2D eigenvalue weighted by atomic mass is 10.1. The Kier molecular flexibility index (Phi) is 3.86. The Morgan fingerprint density at radius 1 is 1.47 bits per heavy atom. The second kappa shape index (κ2) is 5.38. The van der Waals surface area contributed by atoms with Gasteiger partial charge in [0.05, 0.1) is 5.69 Å². The fraction of sp³-hybridized carbons (Fsp3) is 0.417. The molecular formula is C12H15ClN2O2. The van der Waals surface area contributed by atoms with Gasteiger partial charge in [-0.05, 0) is 30.7 Å². The molecule has 17 heavy (non-hydrogen) atoms. The zero-order chi connectivity index (χ0) is 12.3. The molecule has 0 fully saturated rings. The molecule has 0 bridgehead atoms. The lowest BCUT2D eigenvalue weighted by Gasteiger charge is -2.29. The van der Waals surface area contributed by atoms with E-state index < -0.39 is 0 Å². The van der Waals surface area contributed by atoms with Crippen LogP contribution in [0.2, 0.25) is 0 Å². The normalized spacial score (nSPS) is 14.5. The first kappa shape index (κ1) is 12.2. The average Bonchev–Trinajstić information content (AvgIpc) is 2.33. The van der Waals surface area contributed by atoms with E-state index in [9.17, 15) is 4.79 Å². The summed E-state index contributed by atoms with van der Waals surface area (Å²) in [5.74, 6) is 1.09. The number of hydrogen-bond acceptors (Lipinski definition) is 3. The first-order valence-electron chi connectivity index (χ1n) is 5.58. The summed E-state index contributed by atoms with van der Waals surface area (Å²) in [4.78, 5) is 13.4. The van der Waals surface area contributed by atoms with Crippen molar-refractivity contribution in [2.75, 3.05) is 30.5 Å². The second-order valence-corrected chi connectivity index (χ2v) is 4.24. The summed E-state index contributed by atoms with van der Waals surface area (Å²) in [6, 6.07) is 5.81. The highest BCUT2D eigenvalue weighted by Gasteiger charge is 2.24. The summed E-state index contributed by atoms with van der Waals surface area (Å²) in [5.41, 5.74) is 7.42. The number of nitrogens with two attached hydrogens (primary N) is 1. The lowest BCUT2D eigenvalue weighted by molar-refractivity contribution is -0.121. The minimum Gasteiger partial charge on any atom is -0.482 e. The number of amides is 1. The summed E-state index contributed by atoms with van der Waals surface area (Å²) in [6.07, 6.45) is 0.788. The molecule has 1 aliphatic heterocycles. The molecule has 1 heterocycles. The molecule has 4 nitrogen and oxygen atoms in total. The number of carbonyl (C=O) groups is 1. The number of rotatable bonds is 4. The molecule has 2 N–H and O–H groups in total. The van der Waals surface area contributed by atoms with Crippen LogP contribution in [0.25, 0.3) is 0 Å². The van der Waals surface area contributed by atoms with Crippen LogP contribution in [-0.2, 0) is 11.2 Å². The molecule has 92 valence electrons. The zero-order valence-electron chi connectivity index (χ0n) is 9.49. The van der Waals surface area contributed by atoms with Crippen LogP contribution < -0.4 is 15.4 Å². The molecule has 1 amide bonds. The maximum atomic E-state index is 11.7. The highest BCUT2D eigenvalue weighted by molar-refractivity contribution is 6.18. The van der Waals surface area contributed by atoms with Crippen molar-refractivity contribution >= 4 is 23.2 Å². The van der Waals surface area contributed by atoms with Gasteiger partial charge in [-0.1, -0.05) is 6.07 Å². The molecule has 0 aromatic heterocycles. The Labute approximate surface area is 105 Å². The van der Waals surface area contributed by atoms with Crippen LogP contribution >= 0.6 is 11.6 Å². The fourth-order valence-corrected chi connectivity index (χ4v) is 2.07. The van der Waals surface area contributed by atoms with Crippen molar-refractivity contribution in [2.45, 2.75) is 6.42 Å². The van der Waals surface area contributed by atoms with Crippen molar-refractivity contribution in [1.82, 2.24) is 0 Å². The second-order valence-electron chi connectivity index (χ2n) is 3.86. The molecule has 1 aliphatic rings. The summed E-state index contributed by atoms with van der Waals surface area (Å²) in [5, 5.41) is 0. The third kappa shape index (κ3) is 2.53. The van der Waals surface area contributed by atoms with E-state index in [4.69, 9.17) is 22.1 Å². The van der Waals surface area contributed by atoms with Crippen molar-refractivity contribution < 1.29 is 9.53 Å². The molecule has 0 radical (unpaired) electrons. The lowest BCUT2D eigenvalue weighted by Crippen LogP contribution is -2.40. The van der Waals surface area contributed by atoms with Gasteiger partial charge >= 0.3 is 0 Å². The van der Waals surface area contributed by atoms with Gasteiger partial charge in [-0.2, -0.15) is 0 Å². The van der Waals surface area contributed by atoms with Crippen LogP contribution in [-0.4, -0.2) is 31.5 Å². The van der Waals surface area contributed by atoms with Crippen LogP contribution in [0.4, 0.5) is 5.69 Å². The van der Waals surface area contributed by atoms with E-state index in [0.29, 0.717) is 19.0 Å². The van der Waals surface area contributed by atoms with Gasteiger partial charge < -0.3 is 15.4 Å². The molecular weight excluding hydrogens is 240 g/mol. The van der Waals surface area contributed by atoms with E-state index >= 15 is 0 Å². The minimum absolute atomic E-state index is 0.0527. The van der Waals surface area contributed by atoms with E-state index in [1.807, 2.05) is 18.2 Å². The largest absolute Gasteiger partial charge is 0.482 e. The molecule has 0 saturated heterocycles. The molecule has 0 aliphatic carbocycles.